The van der Waals surface area contributed by atoms with Crippen molar-refractivity contribution >= 4 is 17.5 Å². The number of para-hydroxylation sites is 1. The Hall–Kier alpha value is -3.46. The van der Waals surface area contributed by atoms with Crippen molar-refractivity contribution in [2.75, 3.05) is 10.6 Å². The van der Waals surface area contributed by atoms with Crippen LogP contribution in [0, 0.1) is 17.1 Å². The third-order valence-corrected chi connectivity index (χ3v) is 3.36. The Morgan fingerprint density at radius 2 is 1.83 bits per heavy atom. The Morgan fingerprint density at radius 3 is 2.67 bits per heavy atom. The Bertz CT molecular complexity index is 888. The predicted octanol–water partition coefficient (Wildman–Crippen LogP) is 3.84. The van der Waals surface area contributed by atoms with Crippen molar-refractivity contribution in [1.29, 1.82) is 5.26 Å². The summed E-state index contributed by atoms with van der Waals surface area (Å²) in [6.45, 7) is 0.283. The summed E-state index contributed by atoms with van der Waals surface area (Å²) in [7, 11) is 0. The first-order chi connectivity index (χ1) is 11.8. The molecule has 0 spiro atoms. The first-order valence-corrected chi connectivity index (χ1v) is 7.33. The minimum Gasteiger partial charge on any atom is -0.350 e. The van der Waals surface area contributed by atoms with E-state index in [1.165, 1.54) is 6.07 Å². The Morgan fingerprint density at radius 1 is 1.04 bits per heavy atom. The maximum atomic E-state index is 13.6. The lowest BCUT2D eigenvalue weighted by Crippen LogP contribution is -2.06. The van der Waals surface area contributed by atoms with E-state index in [0.29, 0.717) is 28.6 Å². The second-order valence-corrected chi connectivity index (χ2v) is 4.99. The van der Waals surface area contributed by atoms with Gasteiger partial charge in [0.2, 0.25) is 5.95 Å². The summed E-state index contributed by atoms with van der Waals surface area (Å²) in [6.07, 6.45) is 1.59. The van der Waals surface area contributed by atoms with Crippen LogP contribution >= 0.6 is 0 Å². The molecule has 5 nitrogen and oxygen atoms in total. The van der Waals surface area contributed by atoms with E-state index in [0.717, 1.165) is 0 Å². The fraction of sp³-hybridized carbons (Fsp3) is 0.0556. The van der Waals surface area contributed by atoms with Gasteiger partial charge in [-0.3, -0.25) is 0 Å². The zero-order chi connectivity index (χ0) is 16.8. The molecule has 0 aliphatic heterocycles. The molecule has 24 heavy (non-hydrogen) atoms. The number of hydrogen-bond donors (Lipinski definition) is 2. The monoisotopic (exact) mass is 319 g/mol. The minimum atomic E-state index is -0.276. The lowest BCUT2D eigenvalue weighted by molar-refractivity contribution is 0.612. The maximum absolute atomic E-state index is 13.6. The third-order valence-electron chi connectivity index (χ3n) is 3.36. The van der Waals surface area contributed by atoms with E-state index in [-0.39, 0.29) is 12.4 Å². The van der Waals surface area contributed by atoms with Crippen molar-refractivity contribution in [3.05, 3.63) is 77.7 Å². The van der Waals surface area contributed by atoms with E-state index in [4.69, 9.17) is 5.26 Å². The van der Waals surface area contributed by atoms with Gasteiger partial charge in [0.25, 0.3) is 0 Å². The van der Waals surface area contributed by atoms with E-state index < -0.39 is 0 Å². The Balaban J connectivity index is 1.73. The molecule has 0 unspecified atom stereocenters. The fourth-order valence-corrected chi connectivity index (χ4v) is 2.16. The molecule has 0 atom stereocenters. The highest BCUT2D eigenvalue weighted by Crippen LogP contribution is 2.19. The molecule has 2 N–H and O–H groups in total. The molecule has 0 amide bonds. The standard InChI is InChI=1S/C18H14FN5/c19-15-7-3-1-6-14(15)12-22-18-21-10-9-17(24-18)23-16-8-4-2-5-13(16)11-20/h1-10H,12H2,(H2,21,22,23,24). The molecule has 2 aromatic carbocycles. The number of nitrogens with zero attached hydrogens (tertiary/aromatic N) is 3. The quantitative estimate of drug-likeness (QED) is 0.747. The van der Waals surface area contributed by atoms with Gasteiger partial charge in [0.05, 0.1) is 11.3 Å². The summed E-state index contributed by atoms with van der Waals surface area (Å²) in [6, 6.07) is 17.5. The smallest absolute Gasteiger partial charge is 0.224 e. The summed E-state index contributed by atoms with van der Waals surface area (Å²) in [5, 5.41) is 15.2. The lowest BCUT2D eigenvalue weighted by atomic mass is 10.2. The van der Waals surface area contributed by atoms with E-state index in [2.05, 4.69) is 26.7 Å². The molecule has 0 aliphatic carbocycles. The summed E-state index contributed by atoms with van der Waals surface area (Å²) in [4.78, 5) is 8.44. The molecule has 0 radical (unpaired) electrons. The minimum absolute atomic E-state index is 0.276. The van der Waals surface area contributed by atoms with Crippen LogP contribution in [0.3, 0.4) is 0 Å². The van der Waals surface area contributed by atoms with Gasteiger partial charge in [0.15, 0.2) is 0 Å². The topological polar surface area (TPSA) is 73.6 Å². The SMILES string of the molecule is N#Cc1ccccc1Nc1ccnc(NCc2ccccc2F)n1. The van der Waals surface area contributed by atoms with E-state index >= 15 is 0 Å². The average molecular weight is 319 g/mol. The number of halogens is 1. The van der Waals surface area contributed by atoms with Gasteiger partial charge >= 0.3 is 0 Å². The van der Waals surface area contributed by atoms with Crippen LogP contribution in [0.2, 0.25) is 0 Å². The molecule has 118 valence electrons. The van der Waals surface area contributed by atoms with Crippen LogP contribution in [-0.4, -0.2) is 9.97 Å². The largest absolute Gasteiger partial charge is 0.350 e. The van der Waals surface area contributed by atoms with Gasteiger partial charge in [-0.1, -0.05) is 30.3 Å². The van der Waals surface area contributed by atoms with Crippen LogP contribution < -0.4 is 10.6 Å². The molecule has 1 aromatic heterocycles. The maximum Gasteiger partial charge on any atom is 0.224 e. The lowest BCUT2D eigenvalue weighted by Gasteiger charge is -2.09. The van der Waals surface area contributed by atoms with Crippen LogP contribution in [-0.2, 0) is 6.54 Å². The van der Waals surface area contributed by atoms with Crippen LogP contribution in [0.15, 0.2) is 60.8 Å². The second kappa shape index (κ2) is 7.20. The van der Waals surface area contributed by atoms with Gasteiger partial charge in [-0.2, -0.15) is 10.2 Å². The molecule has 0 bridgehead atoms. The summed E-state index contributed by atoms with van der Waals surface area (Å²) < 4.78 is 13.6. The zero-order valence-corrected chi connectivity index (χ0v) is 12.7. The first-order valence-electron chi connectivity index (χ1n) is 7.33. The van der Waals surface area contributed by atoms with Gasteiger partial charge in [-0.25, -0.2) is 9.37 Å². The Labute approximate surface area is 138 Å². The summed E-state index contributed by atoms with van der Waals surface area (Å²) in [5.74, 6) is 0.642. The number of nitrogens with one attached hydrogen (secondary N) is 2. The van der Waals surface area contributed by atoms with E-state index in [1.807, 2.05) is 6.07 Å². The van der Waals surface area contributed by atoms with Crippen molar-refractivity contribution in [2.24, 2.45) is 0 Å². The van der Waals surface area contributed by atoms with E-state index in [9.17, 15) is 4.39 Å². The van der Waals surface area contributed by atoms with Gasteiger partial charge in [0, 0.05) is 18.3 Å². The van der Waals surface area contributed by atoms with Gasteiger partial charge < -0.3 is 10.6 Å². The molecule has 0 fully saturated rings. The van der Waals surface area contributed by atoms with Gasteiger partial charge in [-0.05, 0) is 24.3 Å². The fourth-order valence-electron chi connectivity index (χ4n) is 2.16. The average Bonchev–Trinajstić information content (AvgIpc) is 2.62. The van der Waals surface area contributed by atoms with E-state index in [1.54, 1.807) is 48.7 Å². The van der Waals surface area contributed by atoms with Gasteiger partial charge in [0.1, 0.15) is 17.7 Å². The predicted molar refractivity (Wildman–Crippen MR) is 90.2 cm³/mol. The molecular formula is C18H14FN5. The van der Waals surface area contributed by atoms with Gasteiger partial charge in [-0.15, -0.1) is 0 Å². The number of rotatable bonds is 5. The second-order valence-electron chi connectivity index (χ2n) is 4.99. The highest BCUT2D eigenvalue weighted by molar-refractivity contribution is 5.64. The summed E-state index contributed by atoms with van der Waals surface area (Å²) in [5.41, 5.74) is 1.73. The van der Waals surface area contributed by atoms with Crippen molar-refractivity contribution in [2.45, 2.75) is 6.54 Å². The molecule has 3 rings (SSSR count). The zero-order valence-electron chi connectivity index (χ0n) is 12.7. The molecule has 3 aromatic rings. The number of hydrogen-bond acceptors (Lipinski definition) is 5. The van der Waals surface area contributed by atoms with Crippen LogP contribution in [0.25, 0.3) is 0 Å². The Kier molecular flexibility index (Phi) is 4.63. The highest BCUT2D eigenvalue weighted by atomic mass is 19.1. The number of anilines is 3. The molecule has 1 heterocycles. The van der Waals surface area contributed by atoms with Crippen molar-refractivity contribution < 1.29 is 4.39 Å². The molecule has 0 saturated carbocycles. The van der Waals surface area contributed by atoms with Crippen LogP contribution in [0.4, 0.5) is 21.8 Å². The van der Waals surface area contributed by atoms with Crippen LogP contribution in [0.1, 0.15) is 11.1 Å². The summed E-state index contributed by atoms with van der Waals surface area (Å²) >= 11 is 0. The molecule has 0 aliphatic rings. The number of benzene rings is 2. The molecular weight excluding hydrogens is 305 g/mol. The van der Waals surface area contributed by atoms with Crippen molar-refractivity contribution in [1.82, 2.24) is 9.97 Å². The van der Waals surface area contributed by atoms with Crippen LogP contribution in [0.5, 0.6) is 0 Å². The van der Waals surface area contributed by atoms with Crippen molar-refractivity contribution in [3.63, 3.8) is 0 Å². The molecule has 0 saturated heterocycles. The third kappa shape index (κ3) is 3.65. The highest BCUT2D eigenvalue weighted by Gasteiger charge is 2.05. The molecule has 6 heteroatoms. The number of aromatic nitrogens is 2. The first kappa shape index (κ1) is 15.4. The van der Waals surface area contributed by atoms with Crippen molar-refractivity contribution in [3.8, 4) is 6.07 Å². The number of nitriles is 1. The normalized spacial score (nSPS) is 10.0.